The lowest BCUT2D eigenvalue weighted by Crippen LogP contribution is -2.41. The highest BCUT2D eigenvalue weighted by Crippen LogP contribution is 2.22. The summed E-state index contributed by atoms with van der Waals surface area (Å²) in [5.74, 6) is -1.31. The van der Waals surface area contributed by atoms with Crippen molar-refractivity contribution in [2.75, 3.05) is 5.32 Å². The second-order valence-corrected chi connectivity index (χ2v) is 6.15. The largest absolute Gasteiger partial charge is 0.345 e. The Morgan fingerprint density at radius 2 is 1.48 bits per heavy atom. The molecule has 1 aromatic rings. The zero-order valence-corrected chi connectivity index (χ0v) is 13.1. The monoisotopic (exact) mass is 328 g/mol. The molecule has 1 saturated carbocycles. The minimum atomic E-state index is -0.697. The molecular weight excluding hydrogens is 311 g/mol. The van der Waals surface area contributed by atoms with Gasteiger partial charge in [-0.25, -0.2) is 0 Å². The minimum Gasteiger partial charge on any atom is -0.345 e. The van der Waals surface area contributed by atoms with Gasteiger partial charge in [-0.15, -0.1) is 0 Å². The van der Waals surface area contributed by atoms with Crippen molar-refractivity contribution in [1.29, 1.82) is 0 Å². The molecule has 0 radical (unpaired) electrons. The number of amides is 2. The lowest BCUT2D eigenvalue weighted by Gasteiger charge is -2.15. The molecule has 0 heterocycles. The van der Waals surface area contributed by atoms with Gasteiger partial charge in [-0.1, -0.05) is 48.9 Å². The summed E-state index contributed by atoms with van der Waals surface area (Å²) < 4.78 is 0. The maximum atomic E-state index is 11.9. The number of benzene rings is 1. The number of rotatable bonds is 2. The fraction of sp³-hybridized carbons (Fsp3) is 0.467. The molecular formula is C15H18Cl2N2O2. The van der Waals surface area contributed by atoms with Crippen molar-refractivity contribution in [3.8, 4) is 0 Å². The molecule has 2 N–H and O–H groups in total. The predicted octanol–water partition coefficient (Wildman–Crippen LogP) is 3.77. The average molecular weight is 329 g/mol. The van der Waals surface area contributed by atoms with E-state index < -0.39 is 11.8 Å². The van der Waals surface area contributed by atoms with E-state index in [-0.39, 0.29) is 6.04 Å². The predicted molar refractivity (Wildman–Crippen MR) is 84.7 cm³/mol. The van der Waals surface area contributed by atoms with Crippen LogP contribution in [0, 0.1) is 0 Å². The molecule has 114 valence electrons. The highest BCUT2D eigenvalue weighted by atomic mass is 35.5. The van der Waals surface area contributed by atoms with Crippen LogP contribution in [0.1, 0.15) is 38.5 Å². The van der Waals surface area contributed by atoms with Crippen molar-refractivity contribution in [3.63, 3.8) is 0 Å². The van der Waals surface area contributed by atoms with E-state index in [0.29, 0.717) is 15.7 Å². The summed E-state index contributed by atoms with van der Waals surface area (Å²) >= 11 is 11.7. The van der Waals surface area contributed by atoms with E-state index in [1.807, 2.05) is 0 Å². The van der Waals surface area contributed by atoms with Crippen molar-refractivity contribution in [2.45, 2.75) is 44.6 Å². The van der Waals surface area contributed by atoms with Crippen LogP contribution in [0.25, 0.3) is 0 Å². The molecule has 21 heavy (non-hydrogen) atoms. The molecule has 1 aliphatic carbocycles. The molecule has 6 heteroatoms. The second-order valence-electron chi connectivity index (χ2n) is 5.27. The van der Waals surface area contributed by atoms with Crippen LogP contribution in [0.2, 0.25) is 10.0 Å². The van der Waals surface area contributed by atoms with Crippen LogP contribution in [0.15, 0.2) is 18.2 Å². The standard InChI is InChI=1S/C15H18Cl2N2O2/c16-10-7-11(17)9-13(8-10)19-15(21)14(20)18-12-5-3-1-2-4-6-12/h7-9,12H,1-6H2,(H,18,20)(H,19,21). The molecule has 0 aromatic heterocycles. The van der Waals surface area contributed by atoms with Crippen LogP contribution in [-0.4, -0.2) is 17.9 Å². The van der Waals surface area contributed by atoms with Crippen LogP contribution >= 0.6 is 23.2 Å². The third-order valence-electron chi connectivity index (χ3n) is 3.52. The van der Waals surface area contributed by atoms with Gasteiger partial charge in [-0.2, -0.15) is 0 Å². The van der Waals surface area contributed by atoms with Crippen molar-refractivity contribution < 1.29 is 9.59 Å². The fourth-order valence-corrected chi connectivity index (χ4v) is 3.01. The normalized spacial score (nSPS) is 16.1. The maximum absolute atomic E-state index is 11.9. The highest BCUT2D eigenvalue weighted by Gasteiger charge is 2.20. The maximum Gasteiger partial charge on any atom is 0.313 e. The van der Waals surface area contributed by atoms with Gasteiger partial charge < -0.3 is 10.6 Å². The summed E-state index contributed by atoms with van der Waals surface area (Å²) in [6.45, 7) is 0. The number of carbonyl (C=O) groups is 2. The molecule has 2 rings (SSSR count). The number of halogens is 2. The Morgan fingerprint density at radius 3 is 2.05 bits per heavy atom. The van der Waals surface area contributed by atoms with E-state index in [1.54, 1.807) is 18.2 Å². The van der Waals surface area contributed by atoms with Crippen molar-refractivity contribution in [2.24, 2.45) is 0 Å². The van der Waals surface area contributed by atoms with Gasteiger partial charge in [0.25, 0.3) is 0 Å². The molecule has 0 unspecified atom stereocenters. The molecule has 2 amide bonds. The zero-order chi connectivity index (χ0) is 15.2. The fourth-order valence-electron chi connectivity index (χ4n) is 2.49. The number of hydrogen-bond acceptors (Lipinski definition) is 2. The molecule has 1 aromatic carbocycles. The Balaban J connectivity index is 1.91. The van der Waals surface area contributed by atoms with Gasteiger partial charge in [-0.3, -0.25) is 9.59 Å². The molecule has 0 atom stereocenters. The lowest BCUT2D eigenvalue weighted by atomic mass is 10.1. The van der Waals surface area contributed by atoms with Gasteiger partial charge in [0.2, 0.25) is 0 Å². The first-order valence-corrected chi connectivity index (χ1v) is 7.88. The molecule has 0 bridgehead atoms. The molecule has 1 fully saturated rings. The Bertz CT molecular complexity index is 506. The van der Waals surface area contributed by atoms with Gasteiger partial charge in [-0.05, 0) is 31.0 Å². The van der Waals surface area contributed by atoms with E-state index in [4.69, 9.17) is 23.2 Å². The lowest BCUT2D eigenvalue weighted by molar-refractivity contribution is -0.136. The van der Waals surface area contributed by atoms with Crippen LogP contribution in [-0.2, 0) is 9.59 Å². The van der Waals surface area contributed by atoms with E-state index >= 15 is 0 Å². The van der Waals surface area contributed by atoms with Crippen molar-refractivity contribution in [1.82, 2.24) is 5.32 Å². The zero-order valence-electron chi connectivity index (χ0n) is 11.6. The van der Waals surface area contributed by atoms with E-state index in [9.17, 15) is 9.59 Å². The molecule has 4 nitrogen and oxygen atoms in total. The quantitative estimate of drug-likeness (QED) is 0.641. The number of hydrogen-bond donors (Lipinski definition) is 2. The Kier molecular flexibility index (Phi) is 5.88. The van der Waals surface area contributed by atoms with Gasteiger partial charge >= 0.3 is 11.8 Å². The highest BCUT2D eigenvalue weighted by molar-refractivity contribution is 6.40. The topological polar surface area (TPSA) is 58.2 Å². The summed E-state index contributed by atoms with van der Waals surface area (Å²) in [4.78, 5) is 23.8. The Labute approximate surface area is 134 Å². The minimum absolute atomic E-state index is 0.0914. The Morgan fingerprint density at radius 1 is 0.905 bits per heavy atom. The van der Waals surface area contributed by atoms with E-state index in [0.717, 1.165) is 25.7 Å². The number of anilines is 1. The molecule has 1 aliphatic rings. The third-order valence-corrected chi connectivity index (χ3v) is 3.95. The SMILES string of the molecule is O=C(Nc1cc(Cl)cc(Cl)c1)C(=O)NC1CCCCCC1. The second kappa shape index (κ2) is 7.66. The molecule has 0 spiro atoms. The molecule has 0 aliphatic heterocycles. The van der Waals surface area contributed by atoms with Gasteiger partial charge in [0.1, 0.15) is 0 Å². The van der Waals surface area contributed by atoms with Gasteiger partial charge in [0.15, 0.2) is 0 Å². The summed E-state index contributed by atoms with van der Waals surface area (Å²) in [6, 6.07) is 4.74. The number of nitrogens with one attached hydrogen (secondary N) is 2. The van der Waals surface area contributed by atoms with Gasteiger partial charge in [0.05, 0.1) is 0 Å². The van der Waals surface area contributed by atoms with Crippen LogP contribution in [0.4, 0.5) is 5.69 Å². The summed E-state index contributed by atoms with van der Waals surface area (Å²) in [7, 11) is 0. The van der Waals surface area contributed by atoms with Crippen molar-refractivity contribution >= 4 is 40.7 Å². The van der Waals surface area contributed by atoms with Crippen LogP contribution in [0.3, 0.4) is 0 Å². The number of carbonyl (C=O) groups excluding carboxylic acids is 2. The van der Waals surface area contributed by atoms with Crippen molar-refractivity contribution in [3.05, 3.63) is 28.2 Å². The van der Waals surface area contributed by atoms with E-state index in [2.05, 4.69) is 10.6 Å². The first kappa shape index (κ1) is 16.1. The summed E-state index contributed by atoms with van der Waals surface area (Å²) in [5.41, 5.74) is 0.411. The summed E-state index contributed by atoms with van der Waals surface area (Å²) in [5, 5.41) is 6.11. The first-order valence-electron chi connectivity index (χ1n) is 7.12. The smallest absolute Gasteiger partial charge is 0.313 e. The van der Waals surface area contributed by atoms with Crippen LogP contribution < -0.4 is 10.6 Å². The van der Waals surface area contributed by atoms with Gasteiger partial charge in [0, 0.05) is 21.8 Å². The Hall–Kier alpha value is -1.26. The molecule has 0 saturated heterocycles. The third kappa shape index (κ3) is 5.21. The first-order chi connectivity index (χ1) is 10.0. The van der Waals surface area contributed by atoms with Crippen LogP contribution in [0.5, 0.6) is 0 Å². The van der Waals surface area contributed by atoms with E-state index in [1.165, 1.54) is 12.8 Å². The summed E-state index contributed by atoms with van der Waals surface area (Å²) in [6.07, 6.45) is 6.44. The average Bonchev–Trinajstić information content (AvgIpc) is 2.66.